The molecule has 1 aromatic carbocycles. The molecule has 0 bridgehead atoms. The van der Waals surface area contributed by atoms with Crippen LogP contribution in [0.3, 0.4) is 0 Å². The van der Waals surface area contributed by atoms with Crippen LogP contribution in [0.25, 0.3) is 0 Å². The maximum Gasteiger partial charge on any atom is 0.175 e. The zero-order valence-electron chi connectivity index (χ0n) is 8.86. The second-order valence-corrected chi connectivity index (χ2v) is 5.48. The summed E-state index contributed by atoms with van der Waals surface area (Å²) in [5.74, 6) is 4.91. The standard InChI is InChI=1S/C10H15NO3S/c1-8-3-4-9(5-6-14-11)7-10(8)15(2,12)13/h3-4,7H,5-6,11H2,1-2H3. The van der Waals surface area contributed by atoms with Crippen LogP contribution >= 0.6 is 0 Å². The fraction of sp³-hybridized carbons (Fsp3) is 0.400. The minimum absolute atomic E-state index is 0.372. The second-order valence-electron chi connectivity index (χ2n) is 3.49. The predicted octanol–water partition coefficient (Wildman–Crippen LogP) is 0.831. The minimum Gasteiger partial charge on any atom is -0.304 e. The van der Waals surface area contributed by atoms with Gasteiger partial charge < -0.3 is 4.84 Å². The molecule has 84 valence electrons. The lowest BCUT2D eigenvalue weighted by Crippen LogP contribution is -2.05. The molecule has 0 heterocycles. The quantitative estimate of drug-likeness (QED) is 0.776. The molecule has 1 rings (SSSR count). The van der Waals surface area contributed by atoms with Gasteiger partial charge in [0.2, 0.25) is 0 Å². The Morgan fingerprint density at radius 1 is 1.40 bits per heavy atom. The Morgan fingerprint density at radius 2 is 2.07 bits per heavy atom. The van der Waals surface area contributed by atoms with Gasteiger partial charge in [-0.05, 0) is 30.5 Å². The lowest BCUT2D eigenvalue weighted by Gasteiger charge is -2.06. The van der Waals surface area contributed by atoms with Crippen LogP contribution in [0.1, 0.15) is 11.1 Å². The topological polar surface area (TPSA) is 69.4 Å². The molecule has 0 saturated carbocycles. The molecule has 0 unspecified atom stereocenters. The van der Waals surface area contributed by atoms with Gasteiger partial charge in [-0.1, -0.05) is 12.1 Å². The van der Waals surface area contributed by atoms with E-state index >= 15 is 0 Å². The van der Waals surface area contributed by atoms with Crippen molar-refractivity contribution < 1.29 is 13.3 Å². The lowest BCUT2D eigenvalue weighted by molar-refractivity contribution is 0.141. The number of rotatable bonds is 4. The Kier molecular flexibility index (Phi) is 3.84. The van der Waals surface area contributed by atoms with Gasteiger partial charge in [0, 0.05) is 6.26 Å². The molecule has 0 saturated heterocycles. The van der Waals surface area contributed by atoms with Crippen LogP contribution in [-0.4, -0.2) is 21.3 Å². The first-order chi connectivity index (χ1) is 6.95. The molecule has 4 nitrogen and oxygen atoms in total. The number of benzene rings is 1. The normalized spacial score (nSPS) is 11.7. The van der Waals surface area contributed by atoms with Crippen LogP contribution in [0.5, 0.6) is 0 Å². The Morgan fingerprint density at radius 3 is 2.60 bits per heavy atom. The number of aryl methyl sites for hydroxylation is 1. The van der Waals surface area contributed by atoms with Crippen molar-refractivity contribution in [2.24, 2.45) is 5.90 Å². The third-order valence-electron chi connectivity index (χ3n) is 2.16. The second kappa shape index (κ2) is 4.74. The summed E-state index contributed by atoms with van der Waals surface area (Å²) >= 11 is 0. The van der Waals surface area contributed by atoms with E-state index in [4.69, 9.17) is 5.90 Å². The SMILES string of the molecule is Cc1ccc(CCON)cc1S(C)(=O)=O. The van der Waals surface area contributed by atoms with Crippen LogP contribution in [0.15, 0.2) is 23.1 Å². The van der Waals surface area contributed by atoms with E-state index in [9.17, 15) is 8.42 Å². The average molecular weight is 229 g/mol. The molecule has 5 heteroatoms. The molecular weight excluding hydrogens is 214 g/mol. The van der Waals surface area contributed by atoms with E-state index in [0.29, 0.717) is 17.9 Å². The molecule has 0 atom stereocenters. The fourth-order valence-electron chi connectivity index (χ4n) is 1.38. The first-order valence-electron chi connectivity index (χ1n) is 4.56. The van der Waals surface area contributed by atoms with Crippen molar-refractivity contribution in [3.63, 3.8) is 0 Å². The molecule has 0 radical (unpaired) electrons. The van der Waals surface area contributed by atoms with E-state index in [1.807, 2.05) is 6.07 Å². The van der Waals surface area contributed by atoms with Crippen LogP contribution in [0.2, 0.25) is 0 Å². The molecule has 0 aliphatic carbocycles. The smallest absolute Gasteiger partial charge is 0.175 e. The van der Waals surface area contributed by atoms with Gasteiger partial charge in [0.1, 0.15) is 0 Å². The van der Waals surface area contributed by atoms with Gasteiger partial charge in [-0.3, -0.25) is 0 Å². The highest BCUT2D eigenvalue weighted by Gasteiger charge is 2.11. The highest BCUT2D eigenvalue weighted by Crippen LogP contribution is 2.17. The molecule has 0 fully saturated rings. The maximum atomic E-state index is 11.4. The summed E-state index contributed by atoms with van der Waals surface area (Å²) in [6, 6.07) is 5.34. The summed E-state index contributed by atoms with van der Waals surface area (Å²) in [6.45, 7) is 2.16. The third-order valence-corrected chi connectivity index (χ3v) is 3.40. The van der Waals surface area contributed by atoms with Gasteiger partial charge in [-0.15, -0.1) is 0 Å². The van der Waals surface area contributed by atoms with Crippen molar-refractivity contribution in [1.29, 1.82) is 0 Å². The third kappa shape index (κ3) is 3.30. The Hall–Kier alpha value is -0.910. The summed E-state index contributed by atoms with van der Waals surface area (Å²) in [7, 11) is -3.15. The molecule has 0 aromatic heterocycles. The Balaban J connectivity index is 3.06. The van der Waals surface area contributed by atoms with E-state index < -0.39 is 9.84 Å². The van der Waals surface area contributed by atoms with Crippen LogP contribution in [0, 0.1) is 6.92 Å². The van der Waals surface area contributed by atoms with E-state index in [1.165, 1.54) is 6.26 Å². The number of hydrogen-bond donors (Lipinski definition) is 1. The summed E-state index contributed by atoms with van der Waals surface area (Å²) in [4.78, 5) is 4.82. The van der Waals surface area contributed by atoms with Crippen LogP contribution < -0.4 is 5.90 Å². The minimum atomic E-state index is -3.15. The van der Waals surface area contributed by atoms with Gasteiger partial charge in [0.25, 0.3) is 0 Å². The molecule has 0 spiro atoms. The Labute approximate surface area is 89.9 Å². The largest absolute Gasteiger partial charge is 0.304 e. The molecule has 0 amide bonds. The molecular formula is C10H15NO3S. The first-order valence-corrected chi connectivity index (χ1v) is 6.45. The van der Waals surface area contributed by atoms with Crippen LogP contribution in [-0.2, 0) is 21.1 Å². The molecule has 0 aliphatic rings. The highest BCUT2D eigenvalue weighted by atomic mass is 32.2. The van der Waals surface area contributed by atoms with Crippen molar-refractivity contribution in [2.75, 3.05) is 12.9 Å². The van der Waals surface area contributed by atoms with Crippen molar-refractivity contribution in [3.8, 4) is 0 Å². The zero-order valence-corrected chi connectivity index (χ0v) is 9.67. The highest BCUT2D eigenvalue weighted by molar-refractivity contribution is 7.90. The number of nitrogens with two attached hydrogens (primary N) is 1. The molecule has 2 N–H and O–H groups in total. The summed E-state index contributed by atoms with van der Waals surface area (Å²) < 4.78 is 22.8. The monoisotopic (exact) mass is 229 g/mol. The van der Waals surface area contributed by atoms with Crippen LogP contribution in [0.4, 0.5) is 0 Å². The van der Waals surface area contributed by atoms with Crippen molar-refractivity contribution in [1.82, 2.24) is 0 Å². The fourth-order valence-corrected chi connectivity index (χ4v) is 2.39. The lowest BCUT2D eigenvalue weighted by atomic mass is 10.1. The number of sulfone groups is 1. The zero-order chi connectivity index (χ0) is 11.5. The average Bonchev–Trinajstić information content (AvgIpc) is 2.15. The Bertz CT molecular complexity index is 440. The maximum absolute atomic E-state index is 11.4. The number of hydrogen-bond acceptors (Lipinski definition) is 4. The van der Waals surface area contributed by atoms with Gasteiger partial charge in [-0.25, -0.2) is 14.3 Å². The first kappa shape index (κ1) is 12.2. The predicted molar refractivity (Wildman–Crippen MR) is 58.1 cm³/mol. The van der Waals surface area contributed by atoms with E-state index in [0.717, 1.165) is 11.1 Å². The van der Waals surface area contributed by atoms with E-state index in [2.05, 4.69) is 4.84 Å². The summed E-state index contributed by atoms with van der Waals surface area (Å²) in [5.41, 5.74) is 1.67. The summed E-state index contributed by atoms with van der Waals surface area (Å²) in [6.07, 6.45) is 1.82. The van der Waals surface area contributed by atoms with Gasteiger partial charge >= 0.3 is 0 Å². The molecule has 15 heavy (non-hydrogen) atoms. The van der Waals surface area contributed by atoms with Gasteiger partial charge in [-0.2, -0.15) is 0 Å². The van der Waals surface area contributed by atoms with Gasteiger partial charge in [0.15, 0.2) is 9.84 Å². The van der Waals surface area contributed by atoms with E-state index in [1.54, 1.807) is 19.1 Å². The summed E-state index contributed by atoms with van der Waals surface area (Å²) in [5, 5.41) is 0. The molecule has 1 aromatic rings. The van der Waals surface area contributed by atoms with Crippen molar-refractivity contribution >= 4 is 9.84 Å². The van der Waals surface area contributed by atoms with Crippen molar-refractivity contribution in [2.45, 2.75) is 18.2 Å². The van der Waals surface area contributed by atoms with Crippen molar-refractivity contribution in [3.05, 3.63) is 29.3 Å². The molecule has 0 aliphatic heterocycles. The van der Waals surface area contributed by atoms with Gasteiger partial charge in [0.05, 0.1) is 11.5 Å². The van der Waals surface area contributed by atoms with E-state index in [-0.39, 0.29) is 0 Å².